The summed E-state index contributed by atoms with van der Waals surface area (Å²) in [5.41, 5.74) is -6.16. The second-order valence-electron chi connectivity index (χ2n) is 7.53. The first-order chi connectivity index (χ1) is 15.7. The van der Waals surface area contributed by atoms with Crippen molar-refractivity contribution in [3.63, 3.8) is 0 Å². The quantitative estimate of drug-likeness (QED) is 0.505. The highest BCUT2D eigenvalue weighted by atomic mass is 32.2. The van der Waals surface area contributed by atoms with E-state index in [9.17, 15) is 39.9 Å². The molecule has 2 aromatic rings. The predicted molar refractivity (Wildman–Crippen MR) is 112 cm³/mol. The van der Waals surface area contributed by atoms with Crippen molar-refractivity contribution in [2.24, 2.45) is 0 Å². The topological polar surface area (TPSA) is 60.9 Å². The Hall–Kier alpha value is -2.75. The van der Waals surface area contributed by atoms with E-state index >= 15 is 0 Å². The highest BCUT2D eigenvalue weighted by Gasteiger charge is 2.71. The minimum atomic E-state index is -5.99. The predicted octanol–water partition coefficient (Wildman–Crippen LogP) is 3.90. The van der Waals surface area contributed by atoms with Crippen LogP contribution in [0.1, 0.15) is 12.5 Å². The Balaban J connectivity index is 1.90. The Labute approximate surface area is 192 Å². The average molecular weight is 506 g/mol. The van der Waals surface area contributed by atoms with Gasteiger partial charge < -0.3 is 10.0 Å². The fourth-order valence-corrected chi connectivity index (χ4v) is 5.16. The fraction of sp³-hybridized carbons (Fsp3) is 0.364. The van der Waals surface area contributed by atoms with Crippen LogP contribution >= 0.6 is 0 Å². The molecule has 0 amide bonds. The Kier molecular flexibility index (Phi) is 6.94. The van der Waals surface area contributed by atoms with Gasteiger partial charge in [-0.25, -0.2) is 8.42 Å². The monoisotopic (exact) mass is 506 g/mol. The number of hydrogen-bond acceptors (Lipinski definition) is 4. The molecule has 1 heterocycles. The Morgan fingerprint density at radius 1 is 0.912 bits per heavy atom. The first kappa shape index (κ1) is 25.9. The van der Waals surface area contributed by atoms with Gasteiger partial charge in [0.15, 0.2) is 0 Å². The zero-order valence-electron chi connectivity index (χ0n) is 17.7. The van der Waals surface area contributed by atoms with Crippen LogP contribution in [0, 0.1) is 11.8 Å². The molecule has 0 bridgehead atoms. The summed E-state index contributed by atoms with van der Waals surface area (Å²) in [5.74, 6) is 5.51. The molecule has 1 fully saturated rings. The van der Waals surface area contributed by atoms with E-state index in [2.05, 4.69) is 11.8 Å². The zero-order chi connectivity index (χ0) is 25.4. The van der Waals surface area contributed by atoms with Crippen molar-refractivity contribution >= 4 is 15.7 Å². The summed E-state index contributed by atoms with van der Waals surface area (Å²) in [6.45, 7) is 1.58. The van der Waals surface area contributed by atoms with Crippen molar-refractivity contribution in [1.29, 1.82) is 0 Å². The van der Waals surface area contributed by atoms with Crippen molar-refractivity contribution in [2.45, 2.75) is 35.8 Å². The van der Waals surface area contributed by atoms with Gasteiger partial charge in [-0.15, -0.1) is 5.92 Å². The minimum absolute atomic E-state index is 0.0237. The van der Waals surface area contributed by atoms with Crippen LogP contribution < -0.4 is 4.90 Å². The maximum absolute atomic E-state index is 13.1. The molecule has 3 rings (SSSR count). The van der Waals surface area contributed by atoms with E-state index < -0.39 is 39.6 Å². The molecule has 5 nitrogen and oxygen atoms in total. The molecule has 0 saturated carbocycles. The first-order valence-corrected chi connectivity index (χ1v) is 11.4. The number of piperazine rings is 1. The molecule has 34 heavy (non-hydrogen) atoms. The van der Waals surface area contributed by atoms with E-state index in [0.717, 1.165) is 12.1 Å². The molecule has 1 unspecified atom stereocenters. The smallest absolute Gasteiger partial charge is 0.369 e. The Morgan fingerprint density at radius 3 is 1.97 bits per heavy atom. The summed E-state index contributed by atoms with van der Waals surface area (Å²) >= 11 is 0. The molecular formula is C22H20F6N2O3S. The summed E-state index contributed by atoms with van der Waals surface area (Å²) in [6, 6.07) is 10.2. The summed E-state index contributed by atoms with van der Waals surface area (Å²) in [5, 5.41) is 9.57. The van der Waals surface area contributed by atoms with Crippen LogP contribution in [-0.4, -0.2) is 55.9 Å². The lowest BCUT2D eigenvalue weighted by atomic mass is 9.92. The van der Waals surface area contributed by atoms with Gasteiger partial charge in [-0.3, -0.25) is 0 Å². The molecule has 1 saturated heterocycles. The molecule has 0 aromatic heterocycles. The lowest BCUT2D eigenvalue weighted by Gasteiger charge is -2.40. The first-order valence-electron chi connectivity index (χ1n) is 9.94. The summed E-state index contributed by atoms with van der Waals surface area (Å²) in [6.07, 6.45) is -12.0. The SMILES string of the molecule is CC#CC1CN(S(=O)(=O)c2ccccc2)CCN1c1ccc(C(O)(C(F)(F)F)C(F)(F)F)cc1. The number of anilines is 1. The standard InChI is InChI=1S/C22H20F6N2O3S/c1-2-6-18-15-29(34(32,33)19-7-4-3-5-8-19)13-14-30(18)17-11-9-16(10-12-17)20(31,21(23,24)25)22(26,27)28/h3-5,7-12,18,31H,13-15H2,1H3. The molecule has 1 atom stereocenters. The van der Waals surface area contributed by atoms with Gasteiger partial charge in [0, 0.05) is 30.9 Å². The molecule has 2 aromatic carbocycles. The third kappa shape index (κ3) is 4.60. The van der Waals surface area contributed by atoms with Gasteiger partial charge in [0.1, 0.15) is 6.04 Å². The minimum Gasteiger partial charge on any atom is -0.369 e. The van der Waals surface area contributed by atoms with Gasteiger partial charge in [0.05, 0.1) is 4.90 Å². The lowest BCUT2D eigenvalue weighted by molar-refractivity contribution is -0.376. The third-order valence-electron chi connectivity index (χ3n) is 5.47. The highest BCUT2D eigenvalue weighted by molar-refractivity contribution is 7.89. The van der Waals surface area contributed by atoms with Crippen molar-refractivity contribution in [1.82, 2.24) is 4.31 Å². The third-order valence-corrected chi connectivity index (χ3v) is 7.35. The summed E-state index contributed by atoms with van der Waals surface area (Å²) in [4.78, 5) is 1.69. The van der Waals surface area contributed by atoms with Crippen molar-refractivity contribution in [3.05, 3.63) is 60.2 Å². The van der Waals surface area contributed by atoms with E-state index in [1.165, 1.54) is 23.4 Å². The van der Waals surface area contributed by atoms with E-state index in [-0.39, 0.29) is 30.2 Å². The van der Waals surface area contributed by atoms with E-state index in [4.69, 9.17) is 0 Å². The van der Waals surface area contributed by atoms with Gasteiger partial charge in [-0.2, -0.15) is 30.6 Å². The zero-order valence-corrected chi connectivity index (χ0v) is 18.5. The van der Waals surface area contributed by atoms with E-state index in [1.807, 2.05) is 0 Å². The number of alkyl halides is 6. The Morgan fingerprint density at radius 2 is 1.47 bits per heavy atom. The van der Waals surface area contributed by atoms with E-state index in [0.29, 0.717) is 12.1 Å². The summed E-state index contributed by atoms with van der Waals surface area (Å²) < 4.78 is 106. The summed E-state index contributed by atoms with van der Waals surface area (Å²) in [7, 11) is -3.82. The van der Waals surface area contributed by atoms with Crippen LogP contribution in [-0.2, 0) is 15.6 Å². The number of sulfonamides is 1. The second-order valence-corrected chi connectivity index (χ2v) is 9.47. The van der Waals surface area contributed by atoms with Crippen LogP contribution in [0.4, 0.5) is 32.0 Å². The van der Waals surface area contributed by atoms with Crippen molar-refractivity contribution in [2.75, 3.05) is 24.5 Å². The van der Waals surface area contributed by atoms with Gasteiger partial charge >= 0.3 is 12.4 Å². The molecular weight excluding hydrogens is 486 g/mol. The van der Waals surface area contributed by atoms with Crippen molar-refractivity contribution < 1.29 is 39.9 Å². The second kappa shape index (κ2) is 9.13. The largest absolute Gasteiger partial charge is 0.430 e. The Bertz CT molecular complexity index is 1160. The van der Waals surface area contributed by atoms with Gasteiger partial charge in [-0.1, -0.05) is 36.3 Å². The van der Waals surface area contributed by atoms with Crippen LogP contribution in [0.5, 0.6) is 0 Å². The van der Waals surface area contributed by atoms with Crippen LogP contribution in [0.25, 0.3) is 0 Å². The number of halogens is 6. The molecule has 0 spiro atoms. The average Bonchev–Trinajstić information content (AvgIpc) is 2.78. The molecule has 1 N–H and O–H groups in total. The van der Waals surface area contributed by atoms with Crippen LogP contribution in [0.3, 0.4) is 0 Å². The maximum Gasteiger partial charge on any atom is 0.430 e. The van der Waals surface area contributed by atoms with Crippen LogP contribution in [0.15, 0.2) is 59.5 Å². The number of nitrogens with zero attached hydrogens (tertiary/aromatic N) is 2. The number of benzene rings is 2. The normalized spacial score (nSPS) is 18.4. The lowest BCUT2D eigenvalue weighted by Crippen LogP contribution is -2.54. The number of aliphatic hydroxyl groups is 1. The van der Waals surface area contributed by atoms with Gasteiger partial charge in [-0.05, 0) is 31.2 Å². The molecule has 1 aliphatic rings. The van der Waals surface area contributed by atoms with Gasteiger partial charge in [0.25, 0.3) is 5.60 Å². The maximum atomic E-state index is 13.1. The number of hydrogen-bond donors (Lipinski definition) is 1. The van der Waals surface area contributed by atoms with Crippen LogP contribution in [0.2, 0.25) is 0 Å². The molecule has 184 valence electrons. The molecule has 0 aliphatic carbocycles. The number of rotatable bonds is 4. The molecule has 1 aliphatic heterocycles. The van der Waals surface area contributed by atoms with Crippen molar-refractivity contribution in [3.8, 4) is 11.8 Å². The molecule has 0 radical (unpaired) electrons. The van der Waals surface area contributed by atoms with Gasteiger partial charge in [0.2, 0.25) is 10.0 Å². The molecule has 12 heteroatoms. The fourth-order valence-electron chi connectivity index (χ4n) is 3.70. The van der Waals surface area contributed by atoms with E-state index in [1.54, 1.807) is 23.1 Å². The highest BCUT2D eigenvalue weighted by Crippen LogP contribution is 2.50.